The molecule has 25 heavy (non-hydrogen) atoms. The van der Waals surface area contributed by atoms with Crippen molar-refractivity contribution in [3.63, 3.8) is 0 Å². The van der Waals surface area contributed by atoms with Crippen LogP contribution in [-0.2, 0) is 13.2 Å². The lowest BCUT2D eigenvalue weighted by Gasteiger charge is -2.21. The molecular weight excluding hydrogens is 381 g/mol. The van der Waals surface area contributed by atoms with Gasteiger partial charge in [-0.15, -0.1) is 0 Å². The Kier molecular flexibility index (Phi) is 6.86. The van der Waals surface area contributed by atoms with Crippen molar-refractivity contribution in [1.29, 1.82) is 0 Å². The summed E-state index contributed by atoms with van der Waals surface area (Å²) in [6.07, 6.45) is 0. The summed E-state index contributed by atoms with van der Waals surface area (Å²) < 4.78 is 11.3. The van der Waals surface area contributed by atoms with Crippen LogP contribution in [0.15, 0.2) is 30.3 Å². The third kappa shape index (κ3) is 5.96. The van der Waals surface area contributed by atoms with Gasteiger partial charge >= 0.3 is 0 Å². The van der Waals surface area contributed by atoms with Crippen molar-refractivity contribution in [3.05, 3.63) is 56.5 Å². The molecule has 0 aliphatic carbocycles. The van der Waals surface area contributed by atoms with Gasteiger partial charge in [-0.3, -0.25) is 0 Å². The first-order valence-corrected chi connectivity index (χ1v) is 9.01. The van der Waals surface area contributed by atoms with Gasteiger partial charge in [0.05, 0.1) is 17.2 Å². The van der Waals surface area contributed by atoms with E-state index in [1.807, 2.05) is 12.1 Å². The maximum atomic E-state index is 6.40. The predicted octanol–water partition coefficient (Wildman–Crippen LogP) is 6.12. The third-order valence-corrected chi connectivity index (χ3v) is 4.61. The number of rotatable bonds is 6. The van der Waals surface area contributed by atoms with Gasteiger partial charge in [0.25, 0.3) is 0 Å². The molecule has 0 atom stereocenters. The molecule has 0 amide bonds. The van der Waals surface area contributed by atoms with Gasteiger partial charge in [-0.25, -0.2) is 0 Å². The quantitative estimate of drug-likeness (QED) is 0.631. The Morgan fingerprint density at radius 1 is 0.920 bits per heavy atom. The zero-order valence-electron chi connectivity index (χ0n) is 14.8. The number of benzene rings is 2. The molecule has 2 aromatic rings. The van der Waals surface area contributed by atoms with E-state index >= 15 is 0 Å². The molecule has 2 aromatic carbocycles. The molecule has 0 aromatic heterocycles. The summed E-state index contributed by atoms with van der Waals surface area (Å²) in [5.41, 5.74) is 1.86. The number of methoxy groups -OCH3 is 1. The minimum absolute atomic E-state index is 0.000410. The Bertz CT molecular complexity index is 742. The highest BCUT2D eigenvalue weighted by atomic mass is 35.5. The van der Waals surface area contributed by atoms with E-state index in [0.29, 0.717) is 39.7 Å². The fraction of sp³-hybridized carbons (Fsp3) is 0.368. The van der Waals surface area contributed by atoms with E-state index in [1.54, 1.807) is 25.3 Å². The second kappa shape index (κ2) is 8.50. The molecule has 0 radical (unpaired) electrons. The van der Waals surface area contributed by atoms with Crippen LogP contribution in [-0.4, -0.2) is 12.6 Å². The van der Waals surface area contributed by atoms with E-state index in [2.05, 4.69) is 26.1 Å². The van der Waals surface area contributed by atoms with Crippen LogP contribution in [0.1, 0.15) is 31.9 Å². The van der Waals surface area contributed by atoms with Crippen LogP contribution in [0.2, 0.25) is 15.1 Å². The second-order valence-electron chi connectivity index (χ2n) is 6.74. The maximum absolute atomic E-state index is 6.40. The molecule has 0 unspecified atom stereocenters. The van der Waals surface area contributed by atoms with Gasteiger partial charge in [0.1, 0.15) is 6.61 Å². The van der Waals surface area contributed by atoms with Crippen LogP contribution < -0.4 is 14.8 Å². The van der Waals surface area contributed by atoms with E-state index in [0.717, 1.165) is 11.1 Å². The monoisotopic (exact) mass is 401 g/mol. The zero-order chi connectivity index (χ0) is 18.6. The van der Waals surface area contributed by atoms with Crippen LogP contribution in [0, 0.1) is 0 Å². The highest BCUT2D eigenvalue weighted by molar-refractivity contribution is 6.42. The SMILES string of the molecule is COc1cc(CNC(C)(C)C)c(Cl)cc1OCc1ccc(Cl)c(Cl)c1. The Hall–Kier alpha value is -1.13. The van der Waals surface area contributed by atoms with E-state index in [9.17, 15) is 0 Å². The maximum Gasteiger partial charge on any atom is 0.163 e. The highest BCUT2D eigenvalue weighted by Crippen LogP contribution is 2.34. The Balaban J connectivity index is 2.14. The standard InChI is InChI=1S/C19H22Cl3NO2/c1-19(2,3)23-10-13-8-17(24-4)18(9-15(13)21)25-11-12-5-6-14(20)16(22)7-12/h5-9,23H,10-11H2,1-4H3. The molecule has 0 spiro atoms. The number of hydrogen-bond donors (Lipinski definition) is 1. The summed E-state index contributed by atoms with van der Waals surface area (Å²) >= 11 is 18.4. The van der Waals surface area contributed by atoms with Crippen molar-refractivity contribution in [3.8, 4) is 11.5 Å². The van der Waals surface area contributed by atoms with E-state index in [-0.39, 0.29) is 5.54 Å². The molecule has 0 fully saturated rings. The lowest BCUT2D eigenvalue weighted by Crippen LogP contribution is -2.35. The average Bonchev–Trinajstić information content (AvgIpc) is 2.54. The third-order valence-electron chi connectivity index (χ3n) is 3.52. The molecule has 136 valence electrons. The van der Waals surface area contributed by atoms with Crippen molar-refractivity contribution < 1.29 is 9.47 Å². The molecule has 6 heteroatoms. The fourth-order valence-electron chi connectivity index (χ4n) is 2.14. The number of nitrogens with one attached hydrogen (secondary N) is 1. The van der Waals surface area contributed by atoms with Crippen molar-refractivity contribution in [2.24, 2.45) is 0 Å². The Morgan fingerprint density at radius 2 is 1.64 bits per heavy atom. The molecule has 0 saturated carbocycles. The van der Waals surface area contributed by atoms with E-state index in [1.165, 1.54) is 0 Å². The number of ether oxygens (including phenoxy) is 2. The topological polar surface area (TPSA) is 30.5 Å². The first-order chi connectivity index (χ1) is 11.7. The normalized spacial score (nSPS) is 11.5. The molecular formula is C19H22Cl3NO2. The fourth-order valence-corrected chi connectivity index (χ4v) is 2.68. The van der Waals surface area contributed by atoms with E-state index < -0.39 is 0 Å². The summed E-state index contributed by atoms with van der Waals surface area (Å²) in [5.74, 6) is 1.22. The van der Waals surface area contributed by atoms with E-state index in [4.69, 9.17) is 44.3 Å². The molecule has 0 aliphatic rings. The molecule has 2 rings (SSSR count). The Labute approximate surface area is 164 Å². The van der Waals surface area contributed by atoms with Crippen molar-refractivity contribution in [1.82, 2.24) is 5.32 Å². The lowest BCUT2D eigenvalue weighted by atomic mass is 10.1. The summed E-state index contributed by atoms with van der Waals surface area (Å²) in [6.45, 7) is 7.29. The van der Waals surface area contributed by atoms with Gasteiger partial charge < -0.3 is 14.8 Å². The Morgan fingerprint density at radius 3 is 2.24 bits per heavy atom. The van der Waals surface area contributed by atoms with Crippen LogP contribution in [0.25, 0.3) is 0 Å². The molecule has 0 aliphatic heterocycles. The van der Waals surface area contributed by atoms with Gasteiger partial charge in [0, 0.05) is 23.2 Å². The largest absolute Gasteiger partial charge is 0.493 e. The summed E-state index contributed by atoms with van der Waals surface area (Å²) in [5, 5.41) is 5.05. The van der Waals surface area contributed by atoms with Crippen LogP contribution >= 0.6 is 34.8 Å². The highest BCUT2D eigenvalue weighted by Gasteiger charge is 2.14. The molecule has 0 heterocycles. The smallest absolute Gasteiger partial charge is 0.163 e. The summed E-state index contributed by atoms with van der Waals surface area (Å²) in [6, 6.07) is 9.06. The average molecular weight is 403 g/mol. The molecule has 0 saturated heterocycles. The van der Waals surface area contributed by atoms with Gasteiger partial charge in [-0.05, 0) is 50.1 Å². The number of halogens is 3. The van der Waals surface area contributed by atoms with Gasteiger partial charge in [-0.2, -0.15) is 0 Å². The minimum Gasteiger partial charge on any atom is -0.493 e. The molecule has 3 nitrogen and oxygen atoms in total. The van der Waals surface area contributed by atoms with Crippen LogP contribution in [0.4, 0.5) is 0 Å². The molecule has 1 N–H and O–H groups in total. The van der Waals surface area contributed by atoms with Gasteiger partial charge in [0.2, 0.25) is 0 Å². The first-order valence-electron chi connectivity index (χ1n) is 7.88. The first kappa shape index (κ1) is 20.2. The summed E-state index contributed by atoms with van der Waals surface area (Å²) in [4.78, 5) is 0. The van der Waals surface area contributed by atoms with Gasteiger partial charge in [-0.1, -0.05) is 40.9 Å². The predicted molar refractivity (Wildman–Crippen MR) is 105 cm³/mol. The van der Waals surface area contributed by atoms with Crippen LogP contribution in [0.3, 0.4) is 0 Å². The lowest BCUT2D eigenvalue weighted by molar-refractivity contribution is 0.284. The second-order valence-corrected chi connectivity index (χ2v) is 7.96. The molecule has 0 bridgehead atoms. The minimum atomic E-state index is -0.000410. The number of hydrogen-bond acceptors (Lipinski definition) is 3. The van der Waals surface area contributed by atoms with Crippen LogP contribution in [0.5, 0.6) is 11.5 Å². The summed E-state index contributed by atoms with van der Waals surface area (Å²) in [7, 11) is 1.61. The van der Waals surface area contributed by atoms with Crippen molar-refractivity contribution in [2.45, 2.75) is 39.5 Å². The van der Waals surface area contributed by atoms with Crippen molar-refractivity contribution in [2.75, 3.05) is 7.11 Å². The van der Waals surface area contributed by atoms with Crippen molar-refractivity contribution >= 4 is 34.8 Å². The zero-order valence-corrected chi connectivity index (χ0v) is 17.0. The van der Waals surface area contributed by atoms with Gasteiger partial charge in [0.15, 0.2) is 11.5 Å².